The lowest BCUT2D eigenvalue weighted by Crippen LogP contribution is -3.14. The molecule has 1 fully saturated rings. The van der Waals surface area contributed by atoms with Crippen LogP contribution in [0.3, 0.4) is 0 Å². The second-order valence-corrected chi connectivity index (χ2v) is 5.57. The molecule has 0 unspecified atom stereocenters. The summed E-state index contributed by atoms with van der Waals surface area (Å²) in [7, 11) is 3.23. The Morgan fingerprint density at radius 2 is 1.87 bits per heavy atom. The molecule has 1 N–H and O–H groups in total. The fourth-order valence-electron chi connectivity index (χ4n) is 2.96. The number of methoxy groups -OCH3 is 2. The second-order valence-electron chi connectivity index (χ2n) is 5.57. The van der Waals surface area contributed by atoms with Gasteiger partial charge in [0.25, 0.3) is 5.91 Å². The zero-order valence-corrected chi connectivity index (χ0v) is 13.6. The van der Waals surface area contributed by atoms with Gasteiger partial charge in [-0.15, -0.1) is 0 Å². The Kier molecular flexibility index (Phi) is 5.44. The van der Waals surface area contributed by atoms with Crippen LogP contribution < -0.4 is 19.5 Å². The Hall–Kier alpha value is -2.28. The maximum atomic E-state index is 11.4. The van der Waals surface area contributed by atoms with Crippen molar-refractivity contribution in [3.05, 3.63) is 23.8 Å². The molecule has 0 aromatic heterocycles. The van der Waals surface area contributed by atoms with Crippen molar-refractivity contribution in [3.8, 4) is 11.5 Å². The monoisotopic (exact) mass is 322 g/mol. The maximum absolute atomic E-state index is 11.4. The van der Waals surface area contributed by atoms with Crippen molar-refractivity contribution in [2.24, 2.45) is 0 Å². The number of piperazine rings is 1. The Balaban J connectivity index is 2.06. The highest BCUT2D eigenvalue weighted by Gasteiger charge is 2.29. The van der Waals surface area contributed by atoms with Crippen LogP contribution in [0.2, 0.25) is 0 Å². The first-order valence-corrected chi connectivity index (χ1v) is 7.54. The fourth-order valence-corrected chi connectivity index (χ4v) is 2.96. The van der Waals surface area contributed by atoms with E-state index in [0.29, 0.717) is 26.2 Å². The van der Waals surface area contributed by atoms with Gasteiger partial charge in [0.15, 0.2) is 0 Å². The second kappa shape index (κ2) is 7.32. The van der Waals surface area contributed by atoms with Gasteiger partial charge in [-0.25, -0.2) is 0 Å². The molecule has 0 saturated carbocycles. The van der Waals surface area contributed by atoms with E-state index < -0.39 is 11.9 Å². The van der Waals surface area contributed by atoms with Crippen molar-refractivity contribution >= 4 is 11.9 Å². The topological polar surface area (TPSA) is 83.3 Å². The number of ether oxygens (including phenoxy) is 2. The molecule has 1 aliphatic heterocycles. The number of benzene rings is 1. The molecular formula is C16H22N2O5. The van der Waals surface area contributed by atoms with Crippen LogP contribution >= 0.6 is 0 Å². The molecule has 2 rings (SSSR count). The average Bonchev–Trinajstić information content (AvgIpc) is 2.59. The highest BCUT2D eigenvalue weighted by atomic mass is 16.5. The van der Waals surface area contributed by atoms with Crippen LogP contribution in [0.4, 0.5) is 0 Å². The largest absolute Gasteiger partial charge is 0.540 e. The third kappa shape index (κ3) is 3.73. The van der Waals surface area contributed by atoms with Gasteiger partial charge >= 0.3 is 0 Å². The summed E-state index contributed by atoms with van der Waals surface area (Å²) in [5.41, 5.74) is 1.06. The van der Waals surface area contributed by atoms with E-state index in [4.69, 9.17) is 9.47 Å². The number of hydrogen-bond donors (Lipinski definition) is 1. The maximum Gasteiger partial charge on any atom is 0.269 e. The van der Waals surface area contributed by atoms with E-state index in [1.165, 1.54) is 9.80 Å². The van der Waals surface area contributed by atoms with Gasteiger partial charge in [-0.3, -0.25) is 4.79 Å². The van der Waals surface area contributed by atoms with Gasteiger partial charge in [-0.1, -0.05) is 0 Å². The van der Waals surface area contributed by atoms with Crippen LogP contribution in [-0.2, 0) is 9.59 Å². The number of amides is 1. The van der Waals surface area contributed by atoms with Crippen LogP contribution in [0.5, 0.6) is 11.5 Å². The zero-order valence-electron chi connectivity index (χ0n) is 13.6. The third-order valence-corrected chi connectivity index (χ3v) is 4.39. The molecular weight excluding hydrogens is 300 g/mol. The first kappa shape index (κ1) is 17.1. The number of quaternary nitrogens is 1. The van der Waals surface area contributed by atoms with Gasteiger partial charge in [0.2, 0.25) is 0 Å². The van der Waals surface area contributed by atoms with Gasteiger partial charge in [0, 0.05) is 6.07 Å². The number of nitrogens with zero attached hydrogens (tertiary/aromatic N) is 1. The molecule has 1 saturated heterocycles. The van der Waals surface area contributed by atoms with E-state index in [1.807, 2.05) is 18.2 Å². The quantitative estimate of drug-likeness (QED) is 0.664. The van der Waals surface area contributed by atoms with Crippen molar-refractivity contribution in [2.45, 2.75) is 13.0 Å². The molecule has 0 radical (unpaired) electrons. The number of hydrogen-bond acceptors (Lipinski definition) is 5. The number of carboxylic acids is 1. The number of aliphatic carboxylic acids is 1. The Labute approximate surface area is 135 Å². The summed E-state index contributed by atoms with van der Waals surface area (Å²) in [5.74, 6) is -1.08. The predicted molar refractivity (Wildman–Crippen MR) is 80.2 cm³/mol. The summed E-state index contributed by atoms with van der Waals surface area (Å²) in [4.78, 5) is 24.7. The molecule has 7 heteroatoms. The Morgan fingerprint density at radius 3 is 2.39 bits per heavy atom. The number of carbonyl (C=O) groups excluding carboxylic acids is 2. The van der Waals surface area contributed by atoms with E-state index >= 15 is 0 Å². The summed E-state index contributed by atoms with van der Waals surface area (Å²) in [5, 5.41) is 10.6. The minimum Gasteiger partial charge on any atom is -0.540 e. The van der Waals surface area contributed by atoms with Gasteiger partial charge in [0.05, 0.1) is 46.0 Å². The minimum absolute atomic E-state index is 0.163. The van der Waals surface area contributed by atoms with Crippen LogP contribution in [0.15, 0.2) is 18.2 Å². The Bertz CT molecular complexity index is 582. The van der Waals surface area contributed by atoms with Crippen LogP contribution in [0.1, 0.15) is 18.5 Å². The SMILES string of the molecule is COc1ccc([C@@H](C)[NH+]2CCN(C(=O)C(=O)[O-])CC2)c(OC)c1. The Morgan fingerprint density at radius 1 is 1.22 bits per heavy atom. The van der Waals surface area contributed by atoms with E-state index in [1.54, 1.807) is 14.2 Å². The predicted octanol–water partition coefficient (Wildman–Crippen LogP) is -1.76. The normalized spacial score (nSPS) is 16.7. The molecule has 1 aromatic rings. The third-order valence-electron chi connectivity index (χ3n) is 4.39. The van der Waals surface area contributed by atoms with E-state index in [0.717, 1.165) is 17.1 Å². The van der Waals surface area contributed by atoms with Gasteiger partial charge < -0.3 is 29.2 Å². The van der Waals surface area contributed by atoms with E-state index in [-0.39, 0.29) is 6.04 Å². The molecule has 0 spiro atoms. The summed E-state index contributed by atoms with van der Waals surface area (Å²) in [6, 6.07) is 5.88. The van der Waals surface area contributed by atoms with Gasteiger partial charge in [-0.2, -0.15) is 0 Å². The minimum atomic E-state index is -1.64. The lowest BCUT2D eigenvalue weighted by molar-refractivity contribution is -0.933. The smallest absolute Gasteiger partial charge is 0.269 e. The van der Waals surface area contributed by atoms with Crippen molar-refractivity contribution in [2.75, 3.05) is 40.4 Å². The molecule has 1 aromatic carbocycles. The molecule has 7 nitrogen and oxygen atoms in total. The van der Waals surface area contributed by atoms with Crippen molar-refractivity contribution in [1.29, 1.82) is 0 Å². The molecule has 1 heterocycles. The van der Waals surface area contributed by atoms with Crippen molar-refractivity contribution in [3.63, 3.8) is 0 Å². The molecule has 1 atom stereocenters. The molecule has 126 valence electrons. The standard InChI is InChI=1S/C16H22N2O5/c1-11(13-5-4-12(22-2)10-14(13)23-3)17-6-8-18(9-7-17)15(19)16(20)21/h4-5,10-11H,6-9H2,1-3H3,(H,20,21)/t11-/m1/s1. The highest BCUT2D eigenvalue weighted by molar-refractivity contribution is 6.30. The number of rotatable bonds is 4. The van der Waals surface area contributed by atoms with Gasteiger partial charge in [0.1, 0.15) is 23.5 Å². The molecule has 1 aliphatic rings. The fraction of sp³-hybridized carbons (Fsp3) is 0.500. The number of carbonyl (C=O) groups is 2. The lowest BCUT2D eigenvalue weighted by Gasteiger charge is -2.36. The first-order chi connectivity index (χ1) is 11.0. The summed E-state index contributed by atoms with van der Waals surface area (Å²) in [6.07, 6.45) is 0. The summed E-state index contributed by atoms with van der Waals surface area (Å²) < 4.78 is 10.7. The molecule has 1 amide bonds. The molecule has 0 aliphatic carbocycles. The van der Waals surface area contributed by atoms with E-state index in [9.17, 15) is 14.7 Å². The van der Waals surface area contributed by atoms with E-state index in [2.05, 4.69) is 6.92 Å². The number of nitrogens with one attached hydrogen (secondary N) is 1. The lowest BCUT2D eigenvalue weighted by atomic mass is 10.0. The zero-order chi connectivity index (χ0) is 17.0. The van der Waals surface area contributed by atoms with Crippen molar-refractivity contribution in [1.82, 2.24) is 4.90 Å². The molecule has 0 bridgehead atoms. The van der Waals surface area contributed by atoms with Crippen LogP contribution in [-0.4, -0.2) is 57.2 Å². The van der Waals surface area contributed by atoms with Crippen LogP contribution in [0, 0.1) is 0 Å². The summed E-state index contributed by atoms with van der Waals surface area (Å²) in [6.45, 7) is 4.26. The molecule has 23 heavy (non-hydrogen) atoms. The average molecular weight is 322 g/mol. The van der Waals surface area contributed by atoms with Crippen molar-refractivity contribution < 1.29 is 29.1 Å². The van der Waals surface area contributed by atoms with Crippen LogP contribution in [0.25, 0.3) is 0 Å². The number of carboxylic acid groups (broad SMARTS) is 1. The highest BCUT2D eigenvalue weighted by Crippen LogP contribution is 2.28. The summed E-state index contributed by atoms with van der Waals surface area (Å²) >= 11 is 0. The first-order valence-electron chi connectivity index (χ1n) is 7.54. The van der Waals surface area contributed by atoms with Gasteiger partial charge in [-0.05, 0) is 19.1 Å².